The topological polar surface area (TPSA) is 119 Å². The number of rotatable bonds is 9. The average Bonchev–Trinajstić information content (AvgIpc) is 3.40. The number of pyridine rings is 1. The molecule has 2 aromatic carbocycles. The van der Waals surface area contributed by atoms with Gasteiger partial charge in [0.15, 0.2) is 0 Å². The van der Waals surface area contributed by atoms with Gasteiger partial charge in [-0.05, 0) is 48.6 Å². The lowest BCUT2D eigenvalue weighted by atomic mass is 10.1. The SMILES string of the molecule is CCNC(=O)c1cc(C(=O)N[C@@H]2C[C@H]2C)cn(Cc2cccc3c2ccn3S(=O)(=O)Cc2ccccc2)c1=O. The molecule has 0 spiro atoms. The largest absolute Gasteiger partial charge is 0.352 e. The summed E-state index contributed by atoms with van der Waals surface area (Å²) in [6.07, 6.45) is 3.85. The first kappa shape index (κ1) is 26.4. The molecule has 0 saturated heterocycles. The molecule has 9 nitrogen and oxygen atoms in total. The molecule has 1 aliphatic carbocycles. The Balaban J connectivity index is 1.52. The number of hydrogen-bond acceptors (Lipinski definition) is 5. The molecular formula is C29H30N4O5S. The molecule has 2 N–H and O–H groups in total. The van der Waals surface area contributed by atoms with Crippen LogP contribution in [0.4, 0.5) is 0 Å². The van der Waals surface area contributed by atoms with Crippen LogP contribution in [0.1, 0.15) is 52.1 Å². The van der Waals surface area contributed by atoms with Gasteiger partial charge in [-0.1, -0.05) is 49.4 Å². The van der Waals surface area contributed by atoms with Crippen molar-refractivity contribution < 1.29 is 18.0 Å². The second-order valence-corrected chi connectivity index (χ2v) is 11.8. The van der Waals surface area contributed by atoms with E-state index < -0.39 is 21.5 Å². The van der Waals surface area contributed by atoms with Crippen molar-refractivity contribution in [1.29, 1.82) is 0 Å². The first-order valence-electron chi connectivity index (χ1n) is 12.9. The van der Waals surface area contributed by atoms with Crippen molar-refractivity contribution >= 4 is 32.7 Å². The Kier molecular flexibility index (Phi) is 7.14. The van der Waals surface area contributed by atoms with Gasteiger partial charge in [-0.15, -0.1) is 0 Å². The Morgan fingerprint density at radius 2 is 1.77 bits per heavy atom. The summed E-state index contributed by atoms with van der Waals surface area (Å²) < 4.78 is 29.1. The molecule has 0 unspecified atom stereocenters. The van der Waals surface area contributed by atoms with Crippen LogP contribution in [-0.4, -0.2) is 41.4 Å². The summed E-state index contributed by atoms with van der Waals surface area (Å²) in [6.45, 7) is 4.17. The zero-order valence-electron chi connectivity index (χ0n) is 21.8. The summed E-state index contributed by atoms with van der Waals surface area (Å²) in [5.74, 6) is -0.668. The van der Waals surface area contributed by atoms with Gasteiger partial charge in [-0.25, -0.2) is 12.4 Å². The highest BCUT2D eigenvalue weighted by Gasteiger charge is 2.34. The number of amides is 2. The van der Waals surface area contributed by atoms with Gasteiger partial charge >= 0.3 is 0 Å². The fraction of sp³-hybridized carbons (Fsp3) is 0.276. The number of fused-ring (bicyclic) bond motifs is 1. The third kappa shape index (κ3) is 5.51. The maximum absolute atomic E-state index is 13.3. The van der Waals surface area contributed by atoms with Gasteiger partial charge in [-0.3, -0.25) is 14.4 Å². The van der Waals surface area contributed by atoms with Crippen molar-refractivity contribution in [3.8, 4) is 0 Å². The van der Waals surface area contributed by atoms with Crippen molar-refractivity contribution in [2.45, 2.75) is 38.6 Å². The Morgan fingerprint density at radius 3 is 2.46 bits per heavy atom. The maximum Gasteiger partial charge on any atom is 0.263 e. The zero-order valence-corrected chi connectivity index (χ0v) is 22.6. The molecular weight excluding hydrogens is 516 g/mol. The van der Waals surface area contributed by atoms with Crippen LogP contribution in [-0.2, 0) is 22.3 Å². The Bertz CT molecular complexity index is 1720. The van der Waals surface area contributed by atoms with Crippen LogP contribution < -0.4 is 16.2 Å². The van der Waals surface area contributed by atoms with E-state index in [1.165, 1.54) is 27.0 Å². The molecule has 0 radical (unpaired) electrons. The highest BCUT2D eigenvalue weighted by atomic mass is 32.2. The lowest BCUT2D eigenvalue weighted by Gasteiger charge is -2.13. The fourth-order valence-corrected chi connectivity index (χ4v) is 6.15. The molecule has 2 aromatic heterocycles. The minimum absolute atomic E-state index is 0.0479. The summed E-state index contributed by atoms with van der Waals surface area (Å²) in [5, 5.41) is 6.23. The zero-order chi connectivity index (χ0) is 27.7. The quantitative estimate of drug-likeness (QED) is 0.334. The number of carbonyl (C=O) groups excluding carboxylic acids is 2. The van der Waals surface area contributed by atoms with E-state index in [4.69, 9.17) is 0 Å². The number of nitrogens with one attached hydrogen (secondary N) is 2. The second-order valence-electron chi connectivity index (χ2n) is 9.93. The summed E-state index contributed by atoms with van der Waals surface area (Å²) >= 11 is 0. The average molecular weight is 547 g/mol. The van der Waals surface area contributed by atoms with Crippen molar-refractivity contribution in [1.82, 2.24) is 19.2 Å². The van der Waals surface area contributed by atoms with Crippen LogP contribution in [0.5, 0.6) is 0 Å². The first-order valence-corrected chi connectivity index (χ1v) is 14.5. The number of nitrogens with zero attached hydrogens (tertiary/aromatic N) is 2. The Labute approximate surface area is 226 Å². The molecule has 0 aliphatic heterocycles. The second kappa shape index (κ2) is 10.5. The normalized spacial score (nSPS) is 16.7. The van der Waals surface area contributed by atoms with Gasteiger partial charge in [0, 0.05) is 30.4 Å². The van der Waals surface area contributed by atoms with Crippen LogP contribution >= 0.6 is 0 Å². The van der Waals surface area contributed by atoms with Crippen molar-refractivity contribution in [3.63, 3.8) is 0 Å². The monoisotopic (exact) mass is 546 g/mol. The molecule has 2 amide bonds. The lowest BCUT2D eigenvalue weighted by Crippen LogP contribution is -2.35. The van der Waals surface area contributed by atoms with Crippen LogP contribution in [0, 0.1) is 5.92 Å². The smallest absolute Gasteiger partial charge is 0.263 e. The molecule has 1 aliphatic rings. The number of benzene rings is 2. The van der Waals surface area contributed by atoms with Gasteiger partial charge in [0.1, 0.15) is 5.56 Å². The fourth-order valence-electron chi connectivity index (χ4n) is 4.70. The molecule has 1 saturated carbocycles. The van der Waals surface area contributed by atoms with Gasteiger partial charge in [0.25, 0.3) is 17.4 Å². The van der Waals surface area contributed by atoms with Gasteiger partial charge in [-0.2, -0.15) is 0 Å². The Hall–Kier alpha value is -4.18. The van der Waals surface area contributed by atoms with E-state index >= 15 is 0 Å². The van der Waals surface area contributed by atoms with Crippen molar-refractivity contribution in [2.75, 3.05) is 6.54 Å². The summed E-state index contributed by atoms with van der Waals surface area (Å²) in [5.41, 5.74) is 1.39. The maximum atomic E-state index is 13.3. The Morgan fingerprint density at radius 1 is 1.03 bits per heavy atom. The predicted molar refractivity (Wildman–Crippen MR) is 149 cm³/mol. The standard InChI is InChI=1S/C29H30N4O5S/c1-3-30-28(35)24-15-22(27(34)31-25-14-19(25)2)17-32(29(24)36)16-21-10-7-11-26-23(21)12-13-33(26)39(37,38)18-20-8-5-4-6-9-20/h4-13,15,17,19,25H,3,14,16,18H2,1-2H3,(H,30,35)(H,31,34)/t19-,25-/m1/s1. The van der Waals surface area contributed by atoms with Crippen molar-refractivity contribution in [3.05, 3.63) is 106 Å². The third-order valence-corrected chi connectivity index (χ3v) is 8.59. The summed E-state index contributed by atoms with van der Waals surface area (Å²) in [6, 6.07) is 17.3. The van der Waals surface area contributed by atoms with E-state index in [-0.39, 0.29) is 35.4 Å². The molecule has 4 aromatic rings. The molecule has 202 valence electrons. The van der Waals surface area contributed by atoms with E-state index in [0.29, 0.717) is 34.5 Å². The van der Waals surface area contributed by atoms with Crippen LogP contribution in [0.15, 0.2) is 77.9 Å². The highest BCUT2D eigenvalue weighted by molar-refractivity contribution is 7.89. The minimum Gasteiger partial charge on any atom is -0.352 e. The van der Waals surface area contributed by atoms with E-state index in [2.05, 4.69) is 10.6 Å². The molecule has 0 bridgehead atoms. The van der Waals surface area contributed by atoms with Gasteiger partial charge < -0.3 is 15.2 Å². The summed E-state index contributed by atoms with van der Waals surface area (Å²) in [4.78, 5) is 38.9. The predicted octanol–water partition coefficient (Wildman–Crippen LogP) is 3.12. The molecule has 1 fully saturated rings. The molecule has 5 rings (SSSR count). The van der Waals surface area contributed by atoms with E-state index in [0.717, 1.165) is 6.42 Å². The van der Waals surface area contributed by atoms with Crippen LogP contribution in [0.2, 0.25) is 0 Å². The molecule has 10 heteroatoms. The van der Waals surface area contributed by atoms with Crippen molar-refractivity contribution in [2.24, 2.45) is 5.92 Å². The van der Waals surface area contributed by atoms with Crippen LogP contribution in [0.3, 0.4) is 0 Å². The van der Waals surface area contributed by atoms with E-state index in [1.807, 2.05) is 13.0 Å². The lowest BCUT2D eigenvalue weighted by molar-refractivity contribution is 0.0948. The molecule has 2 heterocycles. The minimum atomic E-state index is -3.70. The number of hydrogen-bond donors (Lipinski definition) is 2. The molecule has 39 heavy (non-hydrogen) atoms. The third-order valence-electron chi connectivity index (χ3n) is 6.98. The van der Waals surface area contributed by atoms with Gasteiger partial charge in [0.05, 0.1) is 23.4 Å². The van der Waals surface area contributed by atoms with E-state index in [1.54, 1.807) is 55.5 Å². The number of aromatic nitrogens is 2. The summed E-state index contributed by atoms with van der Waals surface area (Å²) in [7, 11) is -3.70. The van der Waals surface area contributed by atoms with Gasteiger partial charge in [0.2, 0.25) is 10.0 Å². The van der Waals surface area contributed by atoms with E-state index in [9.17, 15) is 22.8 Å². The first-order chi connectivity index (χ1) is 18.7. The highest BCUT2D eigenvalue weighted by Crippen LogP contribution is 2.29. The number of carbonyl (C=O) groups is 2. The van der Waals surface area contributed by atoms with Crippen LogP contribution in [0.25, 0.3) is 10.9 Å². The molecule has 2 atom stereocenters.